The van der Waals surface area contributed by atoms with Gasteiger partial charge in [-0.3, -0.25) is 4.79 Å². The number of hydrogen-bond acceptors (Lipinski definition) is 3. The molecule has 4 heteroatoms. The number of carbonyl (C=O) groups excluding carboxylic acids is 1. The number of nitrogens with one attached hydrogen (secondary N) is 1. The number of benzene rings is 3. The molecule has 0 fully saturated rings. The number of rotatable bonds is 5. The van der Waals surface area contributed by atoms with E-state index < -0.39 is 0 Å². The summed E-state index contributed by atoms with van der Waals surface area (Å²) in [6, 6.07) is 25.1. The van der Waals surface area contributed by atoms with E-state index in [-0.39, 0.29) is 5.78 Å². The first-order chi connectivity index (χ1) is 15.3. The largest absolute Gasteiger partial charge is 0.486 e. The molecule has 1 unspecified atom stereocenters. The predicted octanol–water partition coefficient (Wildman–Crippen LogP) is 3.30. The van der Waals surface area contributed by atoms with Gasteiger partial charge in [-0.25, -0.2) is 0 Å². The quantitative estimate of drug-likeness (QED) is 0.652. The minimum Gasteiger partial charge on any atom is -0.486 e. The molecule has 0 radical (unpaired) electrons. The maximum Gasteiger partial charge on any atom is 0.168 e. The smallest absolute Gasteiger partial charge is 0.168 e. The summed E-state index contributed by atoms with van der Waals surface area (Å²) in [7, 11) is 0. The molecular formula is C27H28NO3+. The molecule has 3 aromatic rings. The number of quaternary nitrogens is 1. The van der Waals surface area contributed by atoms with Crippen molar-refractivity contribution in [2.45, 2.75) is 18.8 Å². The normalized spacial score (nSPS) is 19.9. The van der Waals surface area contributed by atoms with Crippen LogP contribution in [0.1, 0.15) is 39.4 Å². The molecule has 158 valence electrons. The van der Waals surface area contributed by atoms with Gasteiger partial charge in [0, 0.05) is 12.0 Å². The highest BCUT2D eigenvalue weighted by Crippen LogP contribution is 2.31. The fourth-order valence-electron chi connectivity index (χ4n) is 4.78. The number of ether oxygens (including phenoxy) is 2. The fraction of sp³-hybridized carbons (Fsp3) is 0.296. The van der Waals surface area contributed by atoms with Crippen LogP contribution in [0.2, 0.25) is 0 Å². The number of Topliss-reactive ketones (excluding diaryl/α,β-unsaturated/α-hetero) is 1. The summed E-state index contributed by atoms with van der Waals surface area (Å²) < 4.78 is 11.2. The van der Waals surface area contributed by atoms with Gasteiger partial charge in [-0.05, 0) is 34.9 Å². The molecule has 1 N–H and O–H groups in total. The molecule has 0 bridgehead atoms. The molecule has 2 aliphatic rings. The molecule has 4 nitrogen and oxygen atoms in total. The Balaban J connectivity index is 1.30. The molecule has 2 aliphatic heterocycles. The number of carbonyl (C=O) groups is 1. The Morgan fingerprint density at radius 2 is 1.68 bits per heavy atom. The van der Waals surface area contributed by atoms with Gasteiger partial charge in [-0.2, -0.15) is 0 Å². The minimum absolute atomic E-state index is 0.169. The Labute approximate surface area is 183 Å². The van der Waals surface area contributed by atoms with Gasteiger partial charge in [0.1, 0.15) is 13.2 Å². The third kappa shape index (κ3) is 4.35. The zero-order chi connectivity index (χ0) is 21.0. The first-order valence-electron chi connectivity index (χ1n) is 11.2. The highest BCUT2D eigenvalue weighted by atomic mass is 16.6. The maximum absolute atomic E-state index is 12.9. The van der Waals surface area contributed by atoms with Gasteiger partial charge in [-0.1, -0.05) is 54.6 Å². The molecule has 2 atom stereocenters. The van der Waals surface area contributed by atoms with Gasteiger partial charge in [-0.15, -0.1) is 0 Å². The molecule has 2 heterocycles. The standard InChI is InChI=1S/C27H27NO3/c29-25(22-10-11-26-27(18-22)31-17-16-30-26)13-15-28-14-12-21-8-4-5-9-23(21)24(19-28)20-6-2-1-3-7-20/h1-11,18,24H,12-17,19H2/p+1/t24-/m1/s1. The maximum atomic E-state index is 12.9. The van der Waals surface area contributed by atoms with E-state index in [0.717, 1.165) is 31.8 Å². The third-order valence-corrected chi connectivity index (χ3v) is 6.44. The third-order valence-electron chi connectivity index (χ3n) is 6.44. The van der Waals surface area contributed by atoms with Crippen molar-refractivity contribution < 1.29 is 19.2 Å². The monoisotopic (exact) mass is 414 g/mol. The zero-order valence-corrected chi connectivity index (χ0v) is 17.7. The van der Waals surface area contributed by atoms with Crippen LogP contribution in [0.15, 0.2) is 72.8 Å². The number of fused-ring (bicyclic) bond motifs is 2. The van der Waals surface area contributed by atoms with E-state index in [9.17, 15) is 4.79 Å². The average Bonchev–Trinajstić information content (AvgIpc) is 3.02. The SMILES string of the molecule is O=C(CC[NH+]1CCc2ccccc2[C@@H](c2ccccc2)C1)c1ccc2c(c1)OCCO2. The fourth-order valence-corrected chi connectivity index (χ4v) is 4.78. The summed E-state index contributed by atoms with van der Waals surface area (Å²) in [5, 5.41) is 0. The van der Waals surface area contributed by atoms with Crippen molar-refractivity contribution in [3.8, 4) is 11.5 Å². The molecule has 0 saturated carbocycles. The summed E-state index contributed by atoms with van der Waals surface area (Å²) in [4.78, 5) is 14.4. The Kier molecular flexibility index (Phi) is 5.72. The number of hydrogen-bond donors (Lipinski definition) is 1. The lowest BCUT2D eigenvalue weighted by atomic mass is 9.88. The van der Waals surface area contributed by atoms with E-state index in [1.54, 1.807) is 0 Å². The molecule has 3 aromatic carbocycles. The first kappa shape index (κ1) is 19.8. The lowest BCUT2D eigenvalue weighted by molar-refractivity contribution is -0.899. The van der Waals surface area contributed by atoms with E-state index >= 15 is 0 Å². The second-order valence-corrected chi connectivity index (χ2v) is 8.40. The molecule has 0 saturated heterocycles. The van der Waals surface area contributed by atoms with Gasteiger partial charge >= 0.3 is 0 Å². The second kappa shape index (κ2) is 8.94. The Hall–Kier alpha value is -3.11. The van der Waals surface area contributed by atoms with Gasteiger partial charge in [0.05, 0.1) is 32.0 Å². The summed E-state index contributed by atoms with van der Waals surface area (Å²) in [6.07, 6.45) is 1.58. The van der Waals surface area contributed by atoms with Crippen LogP contribution in [0.5, 0.6) is 11.5 Å². The van der Waals surface area contributed by atoms with Gasteiger partial charge in [0.2, 0.25) is 0 Å². The van der Waals surface area contributed by atoms with E-state index in [2.05, 4.69) is 54.6 Å². The van der Waals surface area contributed by atoms with Crippen LogP contribution in [0.3, 0.4) is 0 Å². The summed E-state index contributed by atoms with van der Waals surface area (Å²) in [6.45, 7) is 3.99. The zero-order valence-electron chi connectivity index (χ0n) is 17.7. The van der Waals surface area contributed by atoms with Crippen LogP contribution in [0.4, 0.5) is 0 Å². The van der Waals surface area contributed by atoms with Crippen LogP contribution >= 0.6 is 0 Å². The van der Waals surface area contributed by atoms with Crippen LogP contribution in [0.25, 0.3) is 0 Å². The van der Waals surface area contributed by atoms with Crippen LogP contribution in [-0.2, 0) is 6.42 Å². The predicted molar refractivity (Wildman–Crippen MR) is 120 cm³/mol. The molecular weight excluding hydrogens is 386 g/mol. The van der Waals surface area contributed by atoms with Gasteiger partial charge in [0.25, 0.3) is 0 Å². The molecule has 0 amide bonds. The molecule has 0 spiro atoms. The average molecular weight is 415 g/mol. The van der Waals surface area contributed by atoms with Crippen molar-refractivity contribution in [3.63, 3.8) is 0 Å². The Morgan fingerprint density at radius 3 is 2.55 bits per heavy atom. The van der Waals surface area contributed by atoms with E-state index in [1.165, 1.54) is 21.6 Å². The lowest BCUT2D eigenvalue weighted by Crippen LogP contribution is -3.12. The first-order valence-corrected chi connectivity index (χ1v) is 11.2. The summed E-state index contributed by atoms with van der Waals surface area (Å²) >= 11 is 0. The van der Waals surface area contributed by atoms with Crippen molar-refractivity contribution in [1.82, 2.24) is 0 Å². The minimum atomic E-state index is 0.169. The van der Waals surface area contributed by atoms with Crippen molar-refractivity contribution in [2.75, 3.05) is 32.8 Å². The second-order valence-electron chi connectivity index (χ2n) is 8.40. The van der Waals surface area contributed by atoms with Crippen LogP contribution < -0.4 is 14.4 Å². The lowest BCUT2D eigenvalue weighted by Gasteiger charge is -2.23. The molecule has 31 heavy (non-hydrogen) atoms. The van der Waals surface area contributed by atoms with Crippen molar-refractivity contribution in [2.24, 2.45) is 0 Å². The van der Waals surface area contributed by atoms with Crippen molar-refractivity contribution in [1.29, 1.82) is 0 Å². The van der Waals surface area contributed by atoms with Crippen LogP contribution in [0, 0.1) is 0 Å². The summed E-state index contributed by atoms with van der Waals surface area (Å²) in [5.41, 5.74) is 4.93. The van der Waals surface area contributed by atoms with E-state index in [4.69, 9.17) is 9.47 Å². The molecule has 5 rings (SSSR count). The Morgan fingerprint density at radius 1 is 0.903 bits per heavy atom. The topological polar surface area (TPSA) is 40.0 Å². The highest BCUT2D eigenvalue weighted by Gasteiger charge is 2.27. The van der Waals surface area contributed by atoms with E-state index in [1.807, 2.05) is 18.2 Å². The van der Waals surface area contributed by atoms with Gasteiger partial charge < -0.3 is 14.4 Å². The van der Waals surface area contributed by atoms with Crippen LogP contribution in [-0.4, -0.2) is 38.6 Å². The van der Waals surface area contributed by atoms with Gasteiger partial charge in [0.15, 0.2) is 17.3 Å². The molecule has 0 aromatic heterocycles. The summed E-state index contributed by atoms with van der Waals surface area (Å²) in [5.74, 6) is 1.94. The molecule has 0 aliphatic carbocycles. The number of ketones is 1. The van der Waals surface area contributed by atoms with Crippen molar-refractivity contribution >= 4 is 5.78 Å². The van der Waals surface area contributed by atoms with E-state index in [0.29, 0.717) is 36.9 Å². The Bertz CT molecular complexity index is 1060. The highest BCUT2D eigenvalue weighted by molar-refractivity contribution is 5.96. The van der Waals surface area contributed by atoms with Crippen molar-refractivity contribution in [3.05, 3.63) is 95.1 Å².